The van der Waals surface area contributed by atoms with Gasteiger partial charge in [-0.3, -0.25) is 4.98 Å². The van der Waals surface area contributed by atoms with Crippen molar-refractivity contribution in [3.05, 3.63) is 47.1 Å². The Labute approximate surface area is 105 Å². The van der Waals surface area contributed by atoms with E-state index in [1.807, 2.05) is 25.1 Å². The molecule has 0 saturated carbocycles. The second kappa shape index (κ2) is 5.59. The molecule has 0 atom stereocenters. The van der Waals surface area contributed by atoms with Crippen molar-refractivity contribution < 1.29 is 0 Å². The van der Waals surface area contributed by atoms with Crippen molar-refractivity contribution in [1.82, 2.24) is 15.0 Å². The van der Waals surface area contributed by atoms with Crippen molar-refractivity contribution in [1.29, 1.82) is 0 Å². The lowest BCUT2D eigenvalue weighted by Crippen LogP contribution is -2.03. The molecular formula is C12H13ClN4. The van der Waals surface area contributed by atoms with Crippen LogP contribution >= 0.6 is 11.6 Å². The maximum Gasteiger partial charge on any atom is 0.224 e. The topological polar surface area (TPSA) is 50.7 Å². The minimum Gasteiger partial charge on any atom is -0.366 e. The van der Waals surface area contributed by atoms with Crippen molar-refractivity contribution >= 4 is 17.4 Å². The first-order valence-electron chi connectivity index (χ1n) is 5.44. The summed E-state index contributed by atoms with van der Waals surface area (Å²) in [6.45, 7) is 2.73. The van der Waals surface area contributed by atoms with E-state index in [1.165, 1.54) is 0 Å². The Kier molecular flexibility index (Phi) is 3.88. The molecule has 2 aromatic rings. The van der Waals surface area contributed by atoms with E-state index in [4.69, 9.17) is 11.6 Å². The van der Waals surface area contributed by atoms with Crippen LogP contribution in [-0.4, -0.2) is 15.0 Å². The molecule has 0 radical (unpaired) electrons. The minimum absolute atomic E-state index is 0.279. The van der Waals surface area contributed by atoms with Crippen LogP contribution in [0.1, 0.15) is 18.2 Å². The van der Waals surface area contributed by atoms with Crippen LogP contribution in [0.4, 0.5) is 5.82 Å². The third kappa shape index (κ3) is 3.39. The van der Waals surface area contributed by atoms with E-state index in [9.17, 15) is 0 Å². The molecule has 2 aromatic heterocycles. The Balaban J connectivity index is 2.06. The Morgan fingerprint density at radius 3 is 2.71 bits per heavy atom. The van der Waals surface area contributed by atoms with Crippen molar-refractivity contribution in [2.45, 2.75) is 19.9 Å². The predicted molar refractivity (Wildman–Crippen MR) is 68.0 cm³/mol. The van der Waals surface area contributed by atoms with Gasteiger partial charge in [-0.15, -0.1) is 0 Å². The summed E-state index contributed by atoms with van der Waals surface area (Å²) in [5.41, 5.74) is 2.08. The summed E-state index contributed by atoms with van der Waals surface area (Å²) in [6, 6.07) is 5.82. The van der Waals surface area contributed by atoms with Crippen molar-refractivity contribution in [3.63, 3.8) is 0 Å². The number of aromatic nitrogens is 3. The number of rotatable bonds is 4. The molecule has 0 unspecified atom stereocenters. The third-order valence-corrected chi connectivity index (χ3v) is 2.51. The molecule has 0 spiro atoms. The Morgan fingerprint density at radius 1 is 1.24 bits per heavy atom. The smallest absolute Gasteiger partial charge is 0.224 e. The Morgan fingerprint density at radius 2 is 2.00 bits per heavy atom. The molecule has 0 aliphatic rings. The van der Waals surface area contributed by atoms with Gasteiger partial charge in [0.1, 0.15) is 5.82 Å². The second-order valence-corrected chi connectivity index (χ2v) is 3.91. The van der Waals surface area contributed by atoms with Crippen LogP contribution in [-0.2, 0) is 13.0 Å². The molecule has 1 N–H and O–H groups in total. The fourth-order valence-electron chi connectivity index (χ4n) is 1.43. The maximum atomic E-state index is 5.84. The molecule has 0 fully saturated rings. The summed E-state index contributed by atoms with van der Waals surface area (Å²) in [6.07, 6.45) is 4.37. The number of halogens is 1. The summed E-state index contributed by atoms with van der Waals surface area (Å²) in [5.74, 6) is 0.749. The summed E-state index contributed by atoms with van der Waals surface area (Å²) >= 11 is 5.84. The van der Waals surface area contributed by atoms with Crippen LogP contribution in [0.3, 0.4) is 0 Å². The zero-order valence-electron chi connectivity index (χ0n) is 9.52. The minimum atomic E-state index is 0.279. The zero-order chi connectivity index (χ0) is 12.1. The van der Waals surface area contributed by atoms with Crippen LogP contribution in [0.15, 0.2) is 30.6 Å². The lowest BCUT2D eigenvalue weighted by Gasteiger charge is -2.07. The average Bonchev–Trinajstić information content (AvgIpc) is 2.37. The molecule has 0 amide bonds. The maximum absolute atomic E-state index is 5.84. The molecule has 2 rings (SSSR count). The molecule has 0 aliphatic carbocycles. The normalized spacial score (nSPS) is 10.2. The van der Waals surface area contributed by atoms with Gasteiger partial charge in [0, 0.05) is 30.7 Å². The second-order valence-electron chi connectivity index (χ2n) is 3.58. The van der Waals surface area contributed by atoms with Crippen LogP contribution in [0, 0.1) is 0 Å². The molecule has 4 nitrogen and oxygen atoms in total. The van der Waals surface area contributed by atoms with Gasteiger partial charge >= 0.3 is 0 Å². The van der Waals surface area contributed by atoms with E-state index in [0.29, 0.717) is 6.54 Å². The molecule has 0 aliphatic heterocycles. The largest absolute Gasteiger partial charge is 0.366 e. The molecule has 17 heavy (non-hydrogen) atoms. The Bertz CT molecular complexity index is 487. The van der Waals surface area contributed by atoms with Crippen LogP contribution in [0.2, 0.25) is 5.28 Å². The average molecular weight is 249 g/mol. The fraction of sp³-hybridized carbons (Fsp3) is 0.250. The van der Waals surface area contributed by atoms with Crippen molar-refractivity contribution in [2.24, 2.45) is 0 Å². The Hall–Kier alpha value is -1.68. The molecule has 5 heteroatoms. The van der Waals surface area contributed by atoms with Gasteiger partial charge in [-0.25, -0.2) is 9.97 Å². The SMILES string of the molecule is CCc1cc(NCc2ccncc2)nc(Cl)n1. The van der Waals surface area contributed by atoms with E-state index in [2.05, 4.69) is 20.3 Å². The molecule has 0 aromatic carbocycles. The first-order chi connectivity index (χ1) is 8.28. The van der Waals surface area contributed by atoms with Gasteiger partial charge in [0.2, 0.25) is 5.28 Å². The standard InChI is InChI=1S/C12H13ClN4/c1-2-10-7-11(17-12(13)16-10)15-8-9-3-5-14-6-4-9/h3-7H,2,8H2,1H3,(H,15,16,17). The number of pyridine rings is 1. The van der Waals surface area contributed by atoms with Crippen LogP contribution in [0.5, 0.6) is 0 Å². The van der Waals surface area contributed by atoms with Crippen molar-refractivity contribution in [3.8, 4) is 0 Å². The van der Waals surface area contributed by atoms with Gasteiger partial charge in [0.25, 0.3) is 0 Å². The van der Waals surface area contributed by atoms with E-state index >= 15 is 0 Å². The van der Waals surface area contributed by atoms with Crippen LogP contribution < -0.4 is 5.32 Å². The highest BCUT2D eigenvalue weighted by Crippen LogP contribution is 2.12. The highest BCUT2D eigenvalue weighted by Gasteiger charge is 2.01. The first-order valence-corrected chi connectivity index (χ1v) is 5.82. The number of anilines is 1. The van der Waals surface area contributed by atoms with Gasteiger partial charge in [0.15, 0.2) is 0 Å². The quantitative estimate of drug-likeness (QED) is 0.846. The predicted octanol–water partition coefficient (Wildman–Crippen LogP) is 2.70. The molecule has 0 bridgehead atoms. The number of nitrogens with one attached hydrogen (secondary N) is 1. The van der Waals surface area contributed by atoms with Gasteiger partial charge in [-0.1, -0.05) is 6.92 Å². The summed E-state index contributed by atoms with van der Waals surface area (Å²) in [4.78, 5) is 12.2. The number of hydrogen-bond acceptors (Lipinski definition) is 4. The first kappa shape index (κ1) is 11.8. The monoisotopic (exact) mass is 248 g/mol. The highest BCUT2D eigenvalue weighted by atomic mass is 35.5. The van der Waals surface area contributed by atoms with Crippen molar-refractivity contribution in [2.75, 3.05) is 5.32 Å². The lowest BCUT2D eigenvalue weighted by molar-refractivity contribution is 0.986. The van der Waals surface area contributed by atoms with Gasteiger partial charge in [-0.05, 0) is 35.7 Å². The molecule has 2 heterocycles. The number of aryl methyl sites for hydroxylation is 1. The molecular weight excluding hydrogens is 236 g/mol. The van der Waals surface area contributed by atoms with Crippen LogP contribution in [0.25, 0.3) is 0 Å². The lowest BCUT2D eigenvalue weighted by atomic mass is 10.2. The van der Waals surface area contributed by atoms with Gasteiger partial charge in [0.05, 0.1) is 0 Å². The van der Waals surface area contributed by atoms with E-state index < -0.39 is 0 Å². The molecule has 0 saturated heterocycles. The van der Waals surface area contributed by atoms with Gasteiger partial charge in [-0.2, -0.15) is 0 Å². The highest BCUT2D eigenvalue weighted by molar-refractivity contribution is 6.28. The van der Waals surface area contributed by atoms with E-state index in [0.717, 1.165) is 23.5 Å². The fourth-order valence-corrected chi connectivity index (χ4v) is 1.63. The zero-order valence-corrected chi connectivity index (χ0v) is 10.3. The number of nitrogens with zero attached hydrogens (tertiary/aromatic N) is 3. The summed E-state index contributed by atoms with van der Waals surface area (Å²) in [5, 5.41) is 3.49. The summed E-state index contributed by atoms with van der Waals surface area (Å²) < 4.78 is 0. The summed E-state index contributed by atoms with van der Waals surface area (Å²) in [7, 11) is 0. The third-order valence-electron chi connectivity index (χ3n) is 2.34. The van der Waals surface area contributed by atoms with Gasteiger partial charge < -0.3 is 5.32 Å². The van der Waals surface area contributed by atoms with E-state index in [-0.39, 0.29) is 5.28 Å². The molecule has 88 valence electrons. The number of hydrogen-bond donors (Lipinski definition) is 1. The van der Waals surface area contributed by atoms with E-state index in [1.54, 1.807) is 12.4 Å².